The van der Waals surface area contributed by atoms with Gasteiger partial charge in [-0.2, -0.15) is 5.16 Å². The average molecular weight is 255 g/mol. The fraction of sp³-hybridized carbons (Fsp3) is 0.111. The SMILES string of the molecule is O=c1[nH]onc1-c1cccc(CBr)c1. The second-order valence-corrected chi connectivity index (χ2v) is 3.36. The van der Waals surface area contributed by atoms with Gasteiger partial charge in [-0.05, 0) is 16.8 Å². The summed E-state index contributed by atoms with van der Waals surface area (Å²) in [6.45, 7) is 0. The molecule has 0 spiro atoms. The van der Waals surface area contributed by atoms with Gasteiger partial charge in [0.2, 0.25) is 0 Å². The van der Waals surface area contributed by atoms with Crippen LogP contribution in [-0.4, -0.2) is 10.3 Å². The topological polar surface area (TPSA) is 58.9 Å². The second-order valence-electron chi connectivity index (χ2n) is 2.80. The number of nitrogens with zero attached hydrogens (tertiary/aromatic N) is 1. The van der Waals surface area contributed by atoms with E-state index in [1.807, 2.05) is 24.3 Å². The lowest BCUT2D eigenvalue weighted by molar-refractivity contribution is 0.305. The monoisotopic (exact) mass is 254 g/mol. The van der Waals surface area contributed by atoms with Crippen molar-refractivity contribution in [2.75, 3.05) is 0 Å². The molecule has 0 aliphatic carbocycles. The molecule has 2 aromatic rings. The minimum Gasteiger partial charge on any atom is -0.267 e. The van der Waals surface area contributed by atoms with E-state index in [-0.39, 0.29) is 5.56 Å². The zero-order valence-electron chi connectivity index (χ0n) is 7.16. The predicted octanol–water partition coefficient (Wildman–Crippen LogP) is 1.92. The maximum atomic E-state index is 11.2. The van der Waals surface area contributed by atoms with Crippen LogP contribution in [-0.2, 0) is 5.33 Å². The molecular formula is C9H7BrN2O2. The van der Waals surface area contributed by atoms with Crippen LogP contribution in [0.3, 0.4) is 0 Å². The summed E-state index contributed by atoms with van der Waals surface area (Å²) < 4.78 is 4.47. The number of hydrogen-bond acceptors (Lipinski definition) is 3. The molecule has 2 rings (SSSR count). The maximum Gasteiger partial charge on any atom is 0.308 e. The Bertz CT molecular complexity index is 489. The highest BCUT2D eigenvalue weighted by Gasteiger charge is 2.07. The first kappa shape index (κ1) is 9.21. The minimum absolute atomic E-state index is 0.309. The average Bonchev–Trinajstić information content (AvgIpc) is 2.65. The molecule has 0 unspecified atom stereocenters. The number of benzene rings is 1. The van der Waals surface area contributed by atoms with Gasteiger partial charge < -0.3 is 0 Å². The summed E-state index contributed by atoms with van der Waals surface area (Å²) in [5.74, 6) is 0. The van der Waals surface area contributed by atoms with Crippen LogP contribution in [0.15, 0.2) is 33.7 Å². The van der Waals surface area contributed by atoms with Crippen LogP contribution < -0.4 is 5.56 Å². The van der Waals surface area contributed by atoms with E-state index in [4.69, 9.17) is 0 Å². The van der Waals surface area contributed by atoms with Crippen LogP contribution in [0.1, 0.15) is 5.56 Å². The molecule has 0 fully saturated rings. The Hall–Kier alpha value is -1.36. The predicted molar refractivity (Wildman–Crippen MR) is 55.2 cm³/mol. The number of rotatable bonds is 2. The molecule has 14 heavy (non-hydrogen) atoms. The molecular weight excluding hydrogens is 248 g/mol. The van der Waals surface area contributed by atoms with Crippen molar-refractivity contribution < 1.29 is 4.63 Å². The molecule has 0 atom stereocenters. The van der Waals surface area contributed by atoms with Crippen LogP contribution in [0.2, 0.25) is 0 Å². The Labute approximate surface area is 88.0 Å². The van der Waals surface area contributed by atoms with Gasteiger partial charge in [0.1, 0.15) is 0 Å². The lowest BCUT2D eigenvalue weighted by atomic mass is 10.1. The van der Waals surface area contributed by atoms with Gasteiger partial charge in [-0.25, -0.2) is 0 Å². The third kappa shape index (κ3) is 1.63. The lowest BCUT2D eigenvalue weighted by Gasteiger charge is -1.97. The van der Waals surface area contributed by atoms with E-state index in [1.165, 1.54) is 0 Å². The van der Waals surface area contributed by atoms with E-state index in [0.29, 0.717) is 5.69 Å². The van der Waals surface area contributed by atoms with E-state index < -0.39 is 0 Å². The Morgan fingerprint density at radius 3 is 3.00 bits per heavy atom. The molecule has 1 N–H and O–H groups in total. The zero-order valence-corrected chi connectivity index (χ0v) is 8.74. The Kier molecular flexibility index (Phi) is 2.49. The molecule has 0 bridgehead atoms. The van der Waals surface area contributed by atoms with Gasteiger partial charge in [0.05, 0.1) is 0 Å². The van der Waals surface area contributed by atoms with Gasteiger partial charge in [0.15, 0.2) is 5.69 Å². The van der Waals surface area contributed by atoms with Crippen molar-refractivity contribution in [2.24, 2.45) is 0 Å². The highest BCUT2D eigenvalue weighted by atomic mass is 79.9. The van der Waals surface area contributed by atoms with Gasteiger partial charge in [-0.3, -0.25) is 9.42 Å². The molecule has 72 valence electrons. The van der Waals surface area contributed by atoms with E-state index in [2.05, 4.69) is 30.9 Å². The molecule has 4 nitrogen and oxygen atoms in total. The van der Waals surface area contributed by atoms with E-state index >= 15 is 0 Å². The third-order valence-corrected chi connectivity index (χ3v) is 2.49. The van der Waals surface area contributed by atoms with Gasteiger partial charge >= 0.3 is 5.56 Å². The molecule has 1 heterocycles. The van der Waals surface area contributed by atoms with Gasteiger partial charge in [-0.15, -0.1) is 0 Å². The number of aromatic amines is 1. The molecule has 0 amide bonds. The molecule has 5 heteroatoms. The summed E-state index contributed by atoms with van der Waals surface area (Å²) in [6, 6.07) is 7.55. The van der Waals surface area contributed by atoms with Crippen LogP contribution in [0.25, 0.3) is 11.3 Å². The van der Waals surface area contributed by atoms with Crippen molar-refractivity contribution in [3.63, 3.8) is 0 Å². The fourth-order valence-electron chi connectivity index (χ4n) is 1.19. The van der Waals surface area contributed by atoms with E-state index in [1.54, 1.807) is 0 Å². The Balaban J connectivity index is 2.52. The van der Waals surface area contributed by atoms with Crippen LogP contribution in [0, 0.1) is 0 Å². The summed E-state index contributed by atoms with van der Waals surface area (Å²) >= 11 is 3.34. The molecule has 0 aliphatic heterocycles. The van der Waals surface area contributed by atoms with Gasteiger partial charge in [-0.1, -0.05) is 34.1 Å². The number of nitrogens with one attached hydrogen (secondary N) is 1. The number of aromatic nitrogens is 2. The van der Waals surface area contributed by atoms with E-state index in [0.717, 1.165) is 16.5 Å². The first-order chi connectivity index (χ1) is 6.81. The van der Waals surface area contributed by atoms with Crippen LogP contribution in [0.5, 0.6) is 0 Å². The van der Waals surface area contributed by atoms with Crippen molar-refractivity contribution >= 4 is 15.9 Å². The highest BCUT2D eigenvalue weighted by Crippen LogP contribution is 2.16. The summed E-state index contributed by atoms with van der Waals surface area (Å²) in [7, 11) is 0. The molecule has 0 aliphatic rings. The minimum atomic E-state index is -0.309. The number of H-pyrrole nitrogens is 1. The van der Waals surface area contributed by atoms with Crippen LogP contribution in [0.4, 0.5) is 0 Å². The second kappa shape index (κ2) is 3.79. The standard InChI is InChI=1S/C9H7BrN2O2/c10-5-6-2-1-3-7(4-6)8-9(13)12-14-11-8/h1-4H,5H2,(H,12,13). The first-order valence-corrected chi connectivity index (χ1v) is 5.13. The summed E-state index contributed by atoms with van der Waals surface area (Å²) in [6.07, 6.45) is 0. The smallest absolute Gasteiger partial charge is 0.267 e. The van der Waals surface area contributed by atoms with Crippen molar-refractivity contribution in [1.82, 2.24) is 10.3 Å². The Morgan fingerprint density at radius 2 is 2.36 bits per heavy atom. The highest BCUT2D eigenvalue weighted by molar-refractivity contribution is 9.08. The lowest BCUT2D eigenvalue weighted by Crippen LogP contribution is -2.01. The van der Waals surface area contributed by atoms with Crippen molar-refractivity contribution in [1.29, 1.82) is 0 Å². The largest absolute Gasteiger partial charge is 0.308 e. The zero-order chi connectivity index (χ0) is 9.97. The third-order valence-electron chi connectivity index (χ3n) is 1.85. The number of hydrogen-bond donors (Lipinski definition) is 1. The summed E-state index contributed by atoms with van der Waals surface area (Å²) in [5.41, 5.74) is 1.85. The molecule has 0 radical (unpaired) electrons. The quantitative estimate of drug-likeness (QED) is 0.834. The van der Waals surface area contributed by atoms with Gasteiger partial charge in [0, 0.05) is 10.9 Å². The number of halogens is 1. The fourth-order valence-corrected chi connectivity index (χ4v) is 1.53. The molecule has 1 aromatic carbocycles. The van der Waals surface area contributed by atoms with Crippen molar-refractivity contribution in [2.45, 2.75) is 5.33 Å². The summed E-state index contributed by atoms with van der Waals surface area (Å²) in [5, 5.41) is 6.50. The molecule has 1 aromatic heterocycles. The van der Waals surface area contributed by atoms with Gasteiger partial charge in [0.25, 0.3) is 0 Å². The first-order valence-electron chi connectivity index (χ1n) is 4.01. The molecule has 0 saturated heterocycles. The van der Waals surface area contributed by atoms with Crippen molar-refractivity contribution in [3.8, 4) is 11.3 Å². The normalized spacial score (nSPS) is 10.4. The van der Waals surface area contributed by atoms with E-state index in [9.17, 15) is 4.79 Å². The number of alkyl halides is 1. The van der Waals surface area contributed by atoms with Crippen molar-refractivity contribution in [3.05, 3.63) is 40.2 Å². The Morgan fingerprint density at radius 1 is 1.50 bits per heavy atom. The summed E-state index contributed by atoms with van der Waals surface area (Å²) in [4.78, 5) is 11.2. The maximum absolute atomic E-state index is 11.2. The van der Waals surface area contributed by atoms with Crippen LogP contribution >= 0.6 is 15.9 Å². The molecule has 0 saturated carbocycles.